The van der Waals surface area contributed by atoms with Gasteiger partial charge in [-0.25, -0.2) is 4.79 Å². The maximum Gasteiger partial charge on any atom is 0.391 e. The predicted octanol–water partition coefficient (Wildman–Crippen LogP) is 4.39. The number of benzene rings is 2. The molecule has 33 heavy (non-hydrogen) atoms. The Bertz CT molecular complexity index is 1560. The van der Waals surface area contributed by atoms with Crippen molar-refractivity contribution in [2.24, 2.45) is 0 Å². The molecule has 0 amide bonds. The van der Waals surface area contributed by atoms with Crippen molar-refractivity contribution in [2.45, 2.75) is 5.16 Å². The Morgan fingerprint density at radius 3 is 2.15 bits per heavy atom. The summed E-state index contributed by atoms with van der Waals surface area (Å²) in [5.41, 5.74) is 3.62. The summed E-state index contributed by atoms with van der Waals surface area (Å²) < 4.78 is 3.16. The number of fused-ring (bicyclic) bond motifs is 2. The maximum atomic E-state index is 12.9. The monoisotopic (exact) mass is 468 g/mol. The van der Waals surface area contributed by atoms with Gasteiger partial charge in [-0.15, -0.1) is 0 Å². The van der Waals surface area contributed by atoms with E-state index in [9.17, 15) is 9.90 Å². The second-order valence-corrected chi connectivity index (χ2v) is 9.39. The first-order valence-electron chi connectivity index (χ1n) is 10.2. The number of hydrogen-bond acceptors (Lipinski definition) is 6. The summed E-state index contributed by atoms with van der Waals surface area (Å²) in [4.78, 5) is 24.0. The average molecular weight is 469 g/mol. The van der Waals surface area contributed by atoms with E-state index in [1.54, 1.807) is 22.9 Å². The number of hydrogen-bond donors (Lipinski definition) is 1. The van der Waals surface area contributed by atoms with Gasteiger partial charge in [0.05, 0.1) is 0 Å². The number of thioether (sulfide) groups is 1. The molecular formula is C25H16N4O2S2+2. The predicted molar refractivity (Wildman–Crippen MR) is 127 cm³/mol. The molecule has 2 aromatic carbocycles. The minimum absolute atomic E-state index is 0.0573. The molecular weight excluding hydrogens is 452 g/mol. The van der Waals surface area contributed by atoms with E-state index < -0.39 is 0 Å². The molecule has 158 valence electrons. The van der Waals surface area contributed by atoms with Crippen LogP contribution in [0.1, 0.15) is 9.67 Å². The van der Waals surface area contributed by atoms with Crippen LogP contribution in [0.5, 0.6) is 5.88 Å². The summed E-state index contributed by atoms with van der Waals surface area (Å²) >= 11 is 2.63. The highest BCUT2D eigenvalue weighted by Crippen LogP contribution is 2.34. The van der Waals surface area contributed by atoms with Crippen molar-refractivity contribution >= 4 is 40.0 Å². The quantitative estimate of drug-likeness (QED) is 0.242. The lowest BCUT2D eigenvalue weighted by atomic mass is 10.1. The van der Waals surface area contributed by atoms with Gasteiger partial charge in [0, 0.05) is 35.0 Å². The number of allylic oxidation sites excluding steroid dienone is 1. The summed E-state index contributed by atoms with van der Waals surface area (Å²) in [5.74, 6) is -0.108. The third-order valence-corrected chi connectivity index (χ3v) is 7.26. The van der Waals surface area contributed by atoms with Crippen molar-refractivity contribution in [2.75, 3.05) is 0 Å². The first-order chi connectivity index (χ1) is 16.2. The molecule has 4 heterocycles. The molecule has 0 bridgehead atoms. The van der Waals surface area contributed by atoms with Gasteiger partial charge in [-0.1, -0.05) is 60.7 Å². The SMILES string of the molecule is O=C1C(=Cc2sc3nc(-c4ccccc4)cc[n+]3c2O)Sc2nc(-c3ccccc3)cc[n+]21. The number of aromatic hydroxyl groups is 1. The molecule has 0 aliphatic carbocycles. The van der Waals surface area contributed by atoms with Crippen molar-refractivity contribution in [3.8, 4) is 28.4 Å². The third-order valence-electron chi connectivity index (χ3n) is 5.29. The molecule has 0 radical (unpaired) electrons. The van der Waals surface area contributed by atoms with Crippen LogP contribution in [0.15, 0.2) is 95.3 Å². The van der Waals surface area contributed by atoms with Gasteiger partial charge >= 0.3 is 21.9 Å². The van der Waals surface area contributed by atoms with Crippen molar-refractivity contribution in [1.29, 1.82) is 0 Å². The summed E-state index contributed by atoms with van der Waals surface area (Å²) in [6.45, 7) is 0. The molecule has 8 heteroatoms. The first kappa shape index (κ1) is 19.8. The fraction of sp³-hybridized carbons (Fsp3) is 0. The van der Waals surface area contributed by atoms with Gasteiger partial charge in [0.25, 0.3) is 0 Å². The summed E-state index contributed by atoms with van der Waals surface area (Å²) in [6.07, 6.45) is 5.24. The molecule has 6 nitrogen and oxygen atoms in total. The summed E-state index contributed by atoms with van der Waals surface area (Å²) in [6, 6.07) is 23.4. The number of aromatic nitrogens is 4. The zero-order chi connectivity index (χ0) is 22.4. The zero-order valence-corrected chi connectivity index (χ0v) is 18.8. The minimum Gasteiger partial charge on any atom is -0.476 e. The lowest BCUT2D eigenvalue weighted by molar-refractivity contribution is -0.612. The second kappa shape index (κ2) is 7.91. The van der Waals surface area contributed by atoms with E-state index in [0.717, 1.165) is 22.5 Å². The molecule has 5 aromatic rings. The van der Waals surface area contributed by atoms with Gasteiger partial charge in [0.15, 0.2) is 11.4 Å². The van der Waals surface area contributed by atoms with Gasteiger partial charge < -0.3 is 5.11 Å². The Hall–Kier alpha value is -3.88. The van der Waals surface area contributed by atoms with Crippen LogP contribution in [0.25, 0.3) is 33.6 Å². The fourth-order valence-electron chi connectivity index (χ4n) is 3.63. The topological polar surface area (TPSA) is 71.1 Å². The van der Waals surface area contributed by atoms with Crippen LogP contribution < -0.4 is 8.97 Å². The minimum atomic E-state index is -0.165. The van der Waals surface area contributed by atoms with Crippen LogP contribution in [0.3, 0.4) is 0 Å². The van der Waals surface area contributed by atoms with E-state index in [2.05, 4.69) is 9.97 Å². The van der Waals surface area contributed by atoms with Crippen LogP contribution in [0.2, 0.25) is 0 Å². The standard InChI is InChI=1S/C25H15N4O2S2/c30-22-20(32-24-26-18(11-13-28(22)24)16-7-3-1-4-8-16)15-21-23(31)29-14-12-19(27-25(29)33-21)17-9-5-2-6-10-17/h1-15H/q+1/p+1. The number of nitrogens with zero attached hydrogens (tertiary/aromatic N) is 4. The smallest absolute Gasteiger partial charge is 0.391 e. The van der Waals surface area contributed by atoms with E-state index in [1.165, 1.54) is 27.7 Å². The van der Waals surface area contributed by atoms with E-state index in [1.807, 2.05) is 72.8 Å². The molecule has 1 aliphatic rings. The van der Waals surface area contributed by atoms with Crippen molar-refractivity contribution in [3.05, 3.63) is 95.0 Å². The maximum absolute atomic E-state index is 12.9. The summed E-state index contributed by atoms with van der Waals surface area (Å²) in [7, 11) is 0. The zero-order valence-electron chi connectivity index (χ0n) is 17.1. The van der Waals surface area contributed by atoms with Crippen LogP contribution in [0, 0.1) is 0 Å². The Morgan fingerprint density at radius 2 is 1.45 bits per heavy atom. The molecule has 0 saturated carbocycles. The highest BCUT2D eigenvalue weighted by molar-refractivity contribution is 8.04. The molecule has 1 aliphatic heterocycles. The fourth-order valence-corrected chi connectivity index (χ4v) is 5.61. The van der Waals surface area contributed by atoms with Gasteiger partial charge in [-0.2, -0.15) is 8.97 Å². The van der Waals surface area contributed by atoms with Crippen molar-refractivity contribution in [3.63, 3.8) is 0 Å². The lowest BCUT2D eigenvalue weighted by Gasteiger charge is -1.95. The number of rotatable bonds is 3. The van der Waals surface area contributed by atoms with Gasteiger partial charge in [-0.05, 0) is 27.4 Å². The first-order valence-corrected chi connectivity index (χ1v) is 11.8. The second-order valence-electron chi connectivity index (χ2n) is 7.37. The number of carbonyl (C=O) groups excluding carboxylic acids is 1. The molecule has 0 saturated heterocycles. The molecule has 0 atom stereocenters. The van der Waals surface area contributed by atoms with E-state index in [4.69, 9.17) is 0 Å². The van der Waals surface area contributed by atoms with Crippen LogP contribution in [-0.4, -0.2) is 21.0 Å². The average Bonchev–Trinajstić information content (AvgIpc) is 3.35. The van der Waals surface area contributed by atoms with E-state index >= 15 is 0 Å². The Labute approximate surface area is 197 Å². The van der Waals surface area contributed by atoms with Gasteiger partial charge in [0.2, 0.25) is 0 Å². The Morgan fingerprint density at radius 1 is 0.818 bits per heavy atom. The van der Waals surface area contributed by atoms with E-state index in [0.29, 0.717) is 19.9 Å². The Kier molecular flexibility index (Phi) is 4.74. The summed E-state index contributed by atoms with van der Waals surface area (Å²) in [5, 5.41) is 11.4. The normalized spacial score (nSPS) is 14.2. The van der Waals surface area contributed by atoms with Gasteiger partial charge in [0.1, 0.15) is 22.2 Å². The molecule has 0 unspecified atom stereocenters. The molecule has 1 N–H and O–H groups in total. The highest BCUT2D eigenvalue weighted by atomic mass is 32.2. The van der Waals surface area contributed by atoms with Crippen molar-refractivity contribution < 1.29 is 18.9 Å². The Balaban J connectivity index is 1.36. The van der Waals surface area contributed by atoms with Crippen LogP contribution >= 0.6 is 23.1 Å². The lowest BCUT2D eigenvalue weighted by Crippen LogP contribution is -2.40. The molecule has 0 spiro atoms. The van der Waals surface area contributed by atoms with Crippen molar-refractivity contribution in [1.82, 2.24) is 9.97 Å². The van der Waals surface area contributed by atoms with Crippen LogP contribution in [-0.2, 0) is 0 Å². The molecule has 6 rings (SSSR count). The van der Waals surface area contributed by atoms with Gasteiger partial charge in [-0.3, -0.25) is 0 Å². The molecule has 3 aromatic heterocycles. The van der Waals surface area contributed by atoms with Crippen LogP contribution in [0.4, 0.5) is 0 Å². The van der Waals surface area contributed by atoms with E-state index in [-0.39, 0.29) is 11.8 Å². The largest absolute Gasteiger partial charge is 0.476 e. The number of carbonyl (C=O) groups is 1. The molecule has 0 fully saturated rings. The highest BCUT2D eigenvalue weighted by Gasteiger charge is 2.36. The number of thiazole rings is 1. The third kappa shape index (κ3) is 3.49.